The van der Waals surface area contributed by atoms with Gasteiger partial charge < -0.3 is 5.32 Å². The minimum absolute atomic E-state index is 0.0409. The summed E-state index contributed by atoms with van der Waals surface area (Å²) in [5.74, 6) is -1.18. The molecule has 1 aliphatic heterocycles. The molecule has 13 heteroatoms. The molecule has 1 N–H and O–H groups in total. The summed E-state index contributed by atoms with van der Waals surface area (Å²) >= 11 is 0. The first-order valence-electron chi connectivity index (χ1n) is 11.5. The predicted molar refractivity (Wildman–Crippen MR) is 122 cm³/mol. The predicted octanol–water partition coefficient (Wildman–Crippen LogP) is 3.55. The number of nitrogens with zero attached hydrogens (tertiary/aromatic N) is 4. The summed E-state index contributed by atoms with van der Waals surface area (Å²) in [5, 5.41) is 2.74. The van der Waals surface area contributed by atoms with Crippen LogP contribution >= 0.6 is 0 Å². The molecule has 2 aliphatic rings. The summed E-state index contributed by atoms with van der Waals surface area (Å²) in [5.41, 5.74) is 0.0201. The lowest BCUT2D eigenvalue weighted by Gasteiger charge is -2.33. The molecule has 1 aliphatic carbocycles. The number of halogens is 4. The summed E-state index contributed by atoms with van der Waals surface area (Å²) in [6.45, 7) is -0.0409. The van der Waals surface area contributed by atoms with E-state index in [9.17, 15) is 30.8 Å². The highest BCUT2D eigenvalue weighted by atomic mass is 32.2. The molecular weight excluding hydrogens is 514 g/mol. The summed E-state index contributed by atoms with van der Waals surface area (Å²) in [6, 6.07) is 6.89. The number of sulfonamides is 1. The van der Waals surface area contributed by atoms with Crippen molar-refractivity contribution in [1.82, 2.24) is 24.6 Å². The summed E-state index contributed by atoms with van der Waals surface area (Å²) < 4.78 is 79.6. The van der Waals surface area contributed by atoms with Crippen LogP contribution in [0.3, 0.4) is 0 Å². The molecule has 1 aromatic carbocycles. The van der Waals surface area contributed by atoms with E-state index in [0.29, 0.717) is 29.8 Å². The van der Waals surface area contributed by atoms with Gasteiger partial charge in [0, 0.05) is 17.8 Å². The Balaban J connectivity index is 1.31. The van der Waals surface area contributed by atoms with E-state index in [0.717, 1.165) is 30.8 Å². The van der Waals surface area contributed by atoms with Gasteiger partial charge in [0.05, 0.1) is 22.8 Å². The fourth-order valence-electron chi connectivity index (χ4n) is 5.00. The second-order valence-electron chi connectivity index (χ2n) is 9.00. The molecule has 3 aromatic rings. The van der Waals surface area contributed by atoms with Crippen LogP contribution in [-0.4, -0.2) is 45.7 Å². The Morgan fingerprint density at radius 2 is 1.81 bits per heavy atom. The van der Waals surface area contributed by atoms with Gasteiger partial charge in [-0.05, 0) is 67.6 Å². The smallest absolute Gasteiger partial charge is 0.349 e. The van der Waals surface area contributed by atoms with E-state index >= 15 is 0 Å². The molecular formula is C24H21F4N5O3S. The third-order valence-electron chi connectivity index (χ3n) is 6.70. The quantitative estimate of drug-likeness (QED) is 0.484. The maximum absolute atomic E-state index is 13.3. The first kappa shape index (κ1) is 25.2. The van der Waals surface area contributed by atoms with Crippen LogP contribution in [0, 0.1) is 11.7 Å². The van der Waals surface area contributed by atoms with E-state index in [1.165, 1.54) is 34.9 Å². The molecule has 1 saturated carbocycles. The standard InChI is InChI=1S/C24H21F4N5O3S/c25-16-3-6-19(7-4-16)37(35,36)33-18-5-1-14(9-18)22(33)23(34)30-12-17-10-20(32-13-31-17)15-2-8-21(29-11-15)24(26,27)28/h2-4,6-8,10-11,13-14,18,22H,1,5,9,12H2,(H,30,34). The number of fused-ring (bicyclic) bond motifs is 2. The van der Waals surface area contributed by atoms with Crippen LogP contribution in [0.4, 0.5) is 17.6 Å². The third kappa shape index (κ3) is 4.92. The molecule has 3 unspecified atom stereocenters. The SMILES string of the molecule is O=C(NCc1cc(-c2ccc(C(F)(F)F)nc2)ncn1)C1C2CCC(C2)N1S(=O)(=O)c1ccc(F)cc1. The number of hydrogen-bond acceptors (Lipinski definition) is 6. The molecule has 2 aromatic heterocycles. The topological polar surface area (TPSA) is 105 Å². The second-order valence-corrected chi connectivity index (χ2v) is 10.8. The number of carbonyl (C=O) groups is 1. The molecule has 5 rings (SSSR count). The fraction of sp³-hybridized carbons (Fsp3) is 0.333. The molecule has 1 amide bonds. The molecule has 1 saturated heterocycles. The minimum atomic E-state index is -4.56. The highest BCUT2D eigenvalue weighted by molar-refractivity contribution is 7.89. The molecule has 3 atom stereocenters. The number of hydrogen-bond donors (Lipinski definition) is 1. The average Bonchev–Trinajstić information content (AvgIpc) is 3.50. The van der Waals surface area contributed by atoms with Gasteiger partial charge in [-0.1, -0.05) is 0 Å². The molecule has 2 fully saturated rings. The molecule has 0 spiro atoms. The van der Waals surface area contributed by atoms with Crippen LogP contribution < -0.4 is 5.32 Å². The lowest BCUT2D eigenvalue weighted by molar-refractivity contribution is -0.141. The van der Waals surface area contributed by atoms with Gasteiger partial charge in [-0.25, -0.2) is 22.8 Å². The van der Waals surface area contributed by atoms with Gasteiger partial charge >= 0.3 is 6.18 Å². The van der Waals surface area contributed by atoms with Gasteiger partial charge in [0.25, 0.3) is 0 Å². The third-order valence-corrected chi connectivity index (χ3v) is 8.65. The maximum atomic E-state index is 13.3. The monoisotopic (exact) mass is 535 g/mol. The van der Waals surface area contributed by atoms with E-state index in [1.54, 1.807) is 0 Å². The number of alkyl halides is 3. The zero-order valence-electron chi connectivity index (χ0n) is 19.2. The molecule has 8 nitrogen and oxygen atoms in total. The lowest BCUT2D eigenvalue weighted by Crippen LogP contribution is -2.52. The fourth-order valence-corrected chi connectivity index (χ4v) is 6.87. The van der Waals surface area contributed by atoms with Crippen molar-refractivity contribution in [3.8, 4) is 11.3 Å². The van der Waals surface area contributed by atoms with Crippen LogP contribution in [0.1, 0.15) is 30.7 Å². The zero-order chi connectivity index (χ0) is 26.4. The van der Waals surface area contributed by atoms with E-state index in [4.69, 9.17) is 0 Å². The highest BCUT2D eigenvalue weighted by Crippen LogP contribution is 2.45. The largest absolute Gasteiger partial charge is 0.433 e. The van der Waals surface area contributed by atoms with Gasteiger partial charge in [0.2, 0.25) is 15.9 Å². The number of piperidine rings is 1. The van der Waals surface area contributed by atoms with Crippen molar-refractivity contribution in [2.75, 3.05) is 0 Å². The summed E-state index contributed by atoms with van der Waals surface area (Å²) in [6.07, 6.45) is -0.352. The van der Waals surface area contributed by atoms with Crippen LogP contribution in [0.2, 0.25) is 0 Å². The van der Waals surface area contributed by atoms with Crippen molar-refractivity contribution >= 4 is 15.9 Å². The van der Waals surface area contributed by atoms with Crippen molar-refractivity contribution in [3.05, 3.63) is 72.2 Å². The van der Waals surface area contributed by atoms with Crippen molar-refractivity contribution in [2.45, 2.75) is 49.0 Å². The molecule has 2 bridgehead atoms. The van der Waals surface area contributed by atoms with Crippen LogP contribution in [0.5, 0.6) is 0 Å². The average molecular weight is 536 g/mol. The highest BCUT2D eigenvalue weighted by Gasteiger charge is 2.54. The number of nitrogens with one attached hydrogen (secondary N) is 1. The van der Waals surface area contributed by atoms with Crippen molar-refractivity contribution in [3.63, 3.8) is 0 Å². The molecule has 37 heavy (non-hydrogen) atoms. The number of rotatable bonds is 6. The maximum Gasteiger partial charge on any atom is 0.433 e. The van der Waals surface area contributed by atoms with Crippen molar-refractivity contribution < 1.29 is 30.8 Å². The van der Waals surface area contributed by atoms with Crippen LogP contribution in [0.25, 0.3) is 11.3 Å². The van der Waals surface area contributed by atoms with Gasteiger partial charge in [-0.3, -0.25) is 9.78 Å². The minimum Gasteiger partial charge on any atom is -0.349 e. The summed E-state index contributed by atoms with van der Waals surface area (Å²) in [4.78, 5) is 24.7. The number of amides is 1. The lowest BCUT2D eigenvalue weighted by atomic mass is 9.99. The normalized spacial score (nSPS) is 21.8. The molecule has 3 heterocycles. The number of carbonyl (C=O) groups excluding carboxylic acids is 1. The molecule has 0 radical (unpaired) electrons. The van der Waals surface area contributed by atoms with Gasteiger partial charge in [0.1, 0.15) is 23.9 Å². The second kappa shape index (κ2) is 9.45. The van der Waals surface area contributed by atoms with E-state index < -0.39 is 39.7 Å². The number of pyridine rings is 1. The Labute approximate surface area is 209 Å². The first-order chi connectivity index (χ1) is 17.5. The van der Waals surface area contributed by atoms with E-state index in [-0.39, 0.29) is 23.4 Å². The van der Waals surface area contributed by atoms with Crippen LogP contribution in [0.15, 0.2) is 59.9 Å². The van der Waals surface area contributed by atoms with Gasteiger partial charge in [0.15, 0.2) is 0 Å². The summed E-state index contributed by atoms with van der Waals surface area (Å²) in [7, 11) is -4.03. The number of aromatic nitrogens is 3. The van der Waals surface area contributed by atoms with Crippen molar-refractivity contribution in [1.29, 1.82) is 0 Å². The van der Waals surface area contributed by atoms with E-state index in [1.807, 2.05) is 0 Å². The zero-order valence-corrected chi connectivity index (χ0v) is 20.0. The molecule has 194 valence electrons. The Bertz CT molecular complexity index is 1420. The van der Waals surface area contributed by atoms with Crippen LogP contribution in [-0.2, 0) is 27.5 Å². The van der Waals surface area contributed by atoms with Gasteiger partial charge in [-0.15, -0.1) is 0 Å². The van der Waals surface area contributed by atoms with Gasteiger partial charge in [-0.2, -0.15) is 17.5 Å². The Morgan fingerprint density at radius 3 is 2.49 bits per heavy atom. The van der Waals surface area contributed by atoms with Crippen molar-refractivity contribution in [2.24, 2.45) is 5.92 Å². The Morgan fingerprint density at radius 1 is 1.05 bits per heavy atom. The number of benzene rings is 1. The Kier molecular flexibility index (Phi) is 6.44. The van der Waals surface area contributed by atoms with E-state index in [2.05, 4.69) is 20.3 Å². The first-order valence-corrected chi connectivity index (χ1v) is 12.9. The Hall–Kier alpha value is -3.45.